The third-order valence-corrected chi connectivity index (χ3v) is 2.55. The van der Waals surface area contributed by atoms with Crippen molar-refractivity contribution in [2.75, 3.05) is 12.3 Å². The second kappa shape index (κ2) is 5.04. The van der Waals surface area contributed by atoms with Gasteiger partial charge in [-0.05, 0) is 6.92 Å². The van der Waals surface area contributed by atoms with Crippen molar-refractivity contribution >= 4 is 11.8 Å². The third kappa shape index (κ3) is 2.57. The molecule has 0 radical (unpaired) electrons. The average Bonchev–Trinajstić information content (AvgIpc) is 2.46. The van der Waals surface area contributed by atoms with Crippen LogP contribution in [0.1, 0.15) is 5.82 Å². The van der Waals surface area contributed by atoms with Crippen molar-refractivity contribution in [2.24, 2.45) is 5.73 Å². The van der Waals surface area contributed by atoms with Gasteiger partial charge >= 0.3 is 0 Å². The minimum absolute atomic E-state index is 0.612. The van der Waals surface area contributed by atoms with E-state index in [9.17, 15) is 0 Å². The number of aromatic nitrogens is 3. The van der Waals surface area contributed by atoms with E-state index in [1.807, 2.05) is 17.6 Å². The normalized spacial score (nSPS) is 10.3. The van der Waals surface area contributed by atoms with E-state index in [2.05, 4.69) is 16.8 Å². The quantitative estimate of drug-likeness (QED) is 0.562. The Balaban J connectivity index is 2.73. The third-order valence-electron chi connectivity index (χ3n) is 1.58. The van der Waals surface area contributed by atoms with E-state index in [4.69, 9.17) is 5.73 Å². The van der Waals surface area contributed by atoms with E-state index in [1.165, 1.54) is 0 Å². The number of nitrogens with two attached hydrogens (primary N) is 1. The van der Waals surface area contributed by atoms with Gasteiger partial charge in [-0.2, -0.15) is 0 Å². The van der Waals surface area contributed by atoms with Gasteiger partial charge in [0.25, 0.3) is 0 Å². The maximum absolute atomic E-state index is 5.48. The molecule has 0 aliphatic rings. The van der Waals surface area contributed by atoms with Crippen molar-refractivity contribution in [1.29, 1.82) is 0 Å². The monoisotopic (exact) mass is 198 g/mol. The summed E-state index contributed by atoms with van der Waals surface area (Å²) in [4.78, 5) is 0. The second-order valence-electron chi connectivity index (χ2n) is 2.57. The summed E-state index contributed by atoms with van der Waals surface area (Å²) in [7, 11) is 0. The van der Waals surface area contributed by atoms with Gasteiger partial charge in [-0.1, -0.05) is 17.8 Å². The van der Waals surface area contributed by atoms with Gasteiger partial charge in [-0.15, -0.1) is 16.8 Å². The van der Waals surface area contributed by atoms with E-state index >= 15 is 0 Å². The first-order chi connectivity index (χ1) is 6.29. The molecule has 0 amide bonds. The van der Waals surface area contributed by atoms with Crippen LogP contribution in [0.3, 0.4) is 0 Å². The van der Waals surface area contributed by atoms with E-state index < -0.39 is 0 Å². The standard InChI is InChI=1S/C8H14N4S/c1-3-6-13-8-11-10-7(2)12(8)5-4-9/h3H,1,4-6,9H2,2H3. The van der Waals surface area contributed by atoms with E-state index in [-0.39, 0.29) is 0 Å². The molecule has 13 heavy (non-hydrogen) atoms. The van der Waals surface area contributed by atoms with Gasteiger partial charge in [0.15, 0.2) is 5.16 Å². The van der Waals surface area contributed by atoms with Gasteiger partial charge in [0, 0.05) is 18.8 Å². The van der Waals surface area contributed by atoms with Gasteiger partial charge in [-0.25, -0.2) is 0 Å². The zero-order valence-electron chi connectivity index (χ0n) is 7.73. The molecular weight excluding hydrogens is 184 g/mol. The molecule has 1 heterocycles. The van der Waals surface area contributed by atoms with Crippen molar-refractivity contribution in [3.8, 4) is 0 Å². The molecule has 5 heteroatoms. The van der Waals surface area contributed by atoms with Crippen LogP contribution in [0.4, 0.5) is 0 Å². The van der Waals surface area contributed by atoms with Crippen molar-refractivity contribution in [3.63, 3.8) is 0 Å². The van der Waals surface area contributed by atoms with Crippen LogP contribution in [0.2, 0.25) is 0 Å². The largest absolute Gasteiger partial charge is 0.329 e. The smallest absolute Gasteiger partial charge is 0.191 e. The summed E-state index contributed by atoms with van der Waals surface area (Å²) in [5.74, 6) is 1.76. The highest BCUT2D eigenvalue weighted by Gasteiger charge is 2.06. The van der Waals surface area contributed by atoms with Crippen LogP contribution in [0, 0.1) is 6.92 Å². The van der Waals surface area contributed by atoms with E-state index in [1.54, 1.807) is 11.8 Å². The Hall–Kier alpha value is -0.810. The Labute approximate surface area is 82.2 Å². The van der Waals surface area contributed by atoms with Crippen LogP contribution in [0.15, 0.2) is 17.8 Å². The molecule has 0 bridgehead atoms. The Morgan fingerprint density at radius 2 is 2.38 bits per heavy atom. The molecule has 72 valence electrons. The number of nitrogens with zero attached hydrogens (tertiary/aromatic N) is 3. The van der Waals surface area contributed by atoms with Crippen LogP contribution < -0.4 is 5.73 Å². The Kier molecular flexibility index (Phi) is 3.98. The van der Waals surface area contributed by atoms with Gasteiger partial charge in [0.2, 0.25) is 0 Å². The molecule has 0 aromatic carbocycles. The molecule has 1 aromatic heterocycles. The molecule has 0 saturated carbocycles. The van der Waals surface area contributed by atoms with Gasteiger partial charge in [0.05, 0.1) is 0 Å². The molecule has 0 aliphatic heterocycles. The van der Waals surface area contributed by atoms with E-state index in [0.717, 1.165) is 23.3 Å². The number of hydrogen-bond acceptors (Lipinski definition) is 4. The number of rotatable bonds is 5. The molecule has 1 aromatic rings. The summed E-state index contributed by atoms with van der Waals surface area (Å²) in [6.45, 7) is 6.97. The van der Waals surface area contributed by atoms with Gasteiger partial charge < -0.3 is 10.3 Å². The van der Waals surface area contributed by atoms with Crippen molar-refractivity contribution in [1.82, 2.24) is 14.8 Å². The Morgan fingerprint density at radius 3 is 3.00 bits per heavy atom. The highest BCUT2D eigenvalue weighted by Crippen LogP contribution is 2.15. The highest BCUT2D eigenvalue weighted by molar-refractivity contribution is 7.99. The maximum Gasteiger partial charge on any atom is 0.191 e. The van der Waals surface area contributed by atoms with Crippen LogP contribution in [-0.2, 0) is 6.54 Å². The molecule has 2 N–H and O–H groups in total. The number of hydrogen-bond donors (Lipinski definition) is 1. The van der Waals surface area contributed by atoms with Crippen LogP contribution in [-0.4, -0.2) is 27.1 Å². The molecule has 0 aliphatic carbocycles. The molecule has 0 atom stereocenters. The van der Waals surface area contributed by atoms with Gasteiger partial charge in [0.1, 0.15) is 5.82 Å². The van der Waals surface area contributed by atoms with Crippen LogP contribution >= 0.6 is 11.8 Å². The van der Waals surface area contributed by atoms with Crippen LogP contribution in [0.5, 0.6) is 0 Å². The summed E-state index contributed by atoms with van der Waals surface area (Å²) in [6.07, 6.45) is 1.85. The predicted molar refractivity (Wildman–Crippen MR) is 54.7 cm³/mol. The summed E-state index contributed by atoms with van der Waals surface area (Å²) in [5, 5.41) is 8.95. The fourth-order valence-corrected chi connectivity index (χ4v) is 1.73. The molecular formula is C8H14N4S. The lowest BCUT2D eigenvalue weighted by atomic mass is 10.6. The van der Waals surface area contributed by atoms with Crippen molar-refractivity contribution < 1.29 is 0 Å². The molecule has 0 saturated heterocycles. The van der Waals surface area contributed by atoms with Crippen molar-refractivity contribution in [3.05, 3.63) is 18.5 Å². The fraction of sp³-hybridized carbons (Fsp3) is 0.500. The molecule has 4 nitrogen and oxygen atoms in total. The van der Waals surface area contributed by atoms with Gasteiger partial charge in [-0.3, -0.25) is 0 Å². The highest BCUT2D eigenvalue weighted by atomic mass is 32.2. The summed E-state index contributed by atoms with van der Waals surface area (Å²) in [6, 6.07) is 0. The summed E-state index contributed by atoms with van der Waals surface area (Å²) >= 11 is 1.62. The zero-order chi connectivity index (χ0) is 9.68. The first kappa shape index (κ1) is 10.3. The lowest BCUT2D eigenvalue weighted by Gasteiger charge is -2.04. The maximum atomic E-state index is 5.48. The number of aryl methyl sites for hydroxylation is 1. The average molecular weight is 198 g/mol. The summed E-state index contributed by atoms with van der Waals surface area (Å²) in [5.41, 5.74) is 5.48. The first-order valence-electron chi connectivity index (χ1n) is 4.13. The zero-order valence-corrected chi connectivity index (χ0v) is 8.55. The lowest BCUT2D eigenvalue weighted by Crippen LogP contribution is -2.12. The Morgan fingerprint density at radius 1 is 1.62 bits per heavy atom. The second-order valence-corrected chi connectivity index (χ2v) is 3.56. The number of thioether (sulfide) groups is 1. The minimum Gasteiger partial charge on any atom is -0.329 e. The minimum atomic E-state index is 0.612. The predicted octanol–water partition coefficient (Wildman–Crippen LogP) is 0.823. The van der Waals surface area contributed by atoms with Crippen molar-refractivity contribution in [2.45, 2.75) is 18.6 Å². The summed E-state index contributed by atoms with van der Waals surface area (Å²) < 4.78 is 2.02. The molecule has 0 fully saturated rings. The first-order valence-corrected chi connectivity index (χ1v) is 5.11. The SMILES string of the molecule is C=CCSc1nnc(C)n1CCN. The molecule has 0 spiro atoms. The fourth-order valence-electron chi connectivity index (χ4n) is 0.988. The molecule has 1 rings (SSSR count). The topological polar surface area (TPSA) is 56.7 Å². The van der Waals surface area contributed by atoms with Crippen LogP contribution in [0.25, 0.3) is 0 Å². The van der Waals surface area contributed by atoms with E-state index in [0.29, 0.717) is 6.54 Å². The molecule has 0 unspecified atom stereocenters. The Bertz CT molecular complexity index is 282. The lowest BCUT2D eigenvalue weighted by molar-refractivity contribution is 0.628.